The Morgan fingerprint density at radius 2 is 1.69 bits per heavy atom. The zero-order valence-electron chi connectivity index (χ0n) is 15.3. The van der Waals surface area contributed by atoms with Gasteiger partial charge in [0.1, 0.15) is 11.5 Å². The lowest BCUT2D eigenvalue weighted by atomic mass is 10.1. The lowest BCUT2D eigenvalue weighted by Gasteiger charge is -2.12. The van der Waals surface area contributed by atoms with Crippen LogP contribution < -0.4 is 20.1 Å². The number of carbonyl (C=O) groups is 2. The number of ether oxygens (including phenoxy) is 2. The Morgan fingerprint density at radius 1 is 0.962 bits per heavy atom. The summed E-state index contributed by atoms with van der Waals surface area (Å²) in [6.07, 6.45) is 2.32. The molecular weight excluding hydrogens is 332 g/mol. The second-order valence-electron chi connectivity index (χ2n) is 5.75. The number of benzene rings is 2. The summed E-state index contributed by atoms with van der Waals surface area (Å²) in [6.45, 7) is 2.04. The first-order chi connectivity index (χ1) is 12.6. The minimum atomic E-state index is -0.277. The van der Waals surface area contributed by atoms with E-state index in [-0.39, 0.29) is 11.8 Å². The maximum Gasteiger partial charge on any atom is 0.255 e. The van der Waals surface area contributed by atoms with Gasteiger partial charge in [-0.1, -0.05) is 13.3 Å². The number of methoxy groups -OCH3 is 2. The first-order valence-corrected chi connectivity index (χ1v) is 8.50. The number of rotatable bonds is 8. The normalized spacial score (nSPS) is 10.1. The van der Waals surface area contributed by atoms with Crippen LogP contribution in [0.15, 0.2) is 42.5 Å². The van der Waals surface area contributed by atoms with E-state index in [1.807, 2.05) is 6.92 Å². The molecule has 0 aromatic heterocycles. The molecule has 6 heteroatoms. The SMILES string of the molecule is CCCCC(=O)Nc1ccc(C(=O)Nc2cc(OC)ccc2OC)cc1. The lowest BCUT2D eigenvalue weighted by Crippen LogP contribution is -2.14. The number of anilines is 2. The van der Waals surface area contributed by atoms with Gasteiger partial charge in [0.05, 0.1) is 19.9 Å². The zero-order valence-corrected chi connectivity index (χ0v) is 15.3. The second-order valence-corrected chi connectivity index (χ2v) is 5.75. The summed E-state index contributed by atoms with van der Waals surface area (Å²) in [5.74, 6) is 0.857. The van der Waals surface area contributed by atoms with Crippen molar-refractivity contribution in [3.05, 3.63) is 48.0 Å². The van der Waals surface area contributed by atoms with Crippen molar-refractivity contribution in [3.63, 3.8) is 0 Å². The van der Waals surface area contributed by atoms with Crippen molar-refractivity contribution in [2.75, 3.05) is 24.9 Å². The number of hydrogen-bond donors (Lipinski definition) is 2. The van der Waals surface area contributed by atoms with Crippen LogP contribution in [0, 0.1) is 0 Å². The smallest absolute Gasteiger partial charge is 0.255 e. The number of nitrogens with one attached hydrogen (secondary N) is 2. The van der Waals surface area contributed by atoms with Crippen LogP contribution in [0.3, 0.4) is 0 Å². The molecule has 0 spiro atoms. The average Bonchev–Trinajstić information content (AvgIpc) is 2.66. The molecule has 0 heterocycles. The molecule has 0 aliphatic carbocycles. The largest absolute Gasteiger partial charge is 0.497 e. The van der Waals surface area contributed by atoms with Crippen molar-refractivity contribution < 1.29 is 19.1 Å². The lowest BCUT2D eigenvalue weighted by molar-refractivity contribution is -0.116. The Hall–Kier alpha value is -3.02. The third-order valence-electron chi connectivity index (χ3n) is 3.84. The molecule has 0 fully saturated rings. The van der Waals surface area contributed by atoms with Gasteiger partial charge in [0, 0.05) is 23.7 Å². The van der Waals surface area contributed by atoms with E-state index in [4.69, 9.17) is 9.47 Å². The number of unbranched alkanes of at least 4 members (excludes halogenated alkanes) is 1. The molecule has 2 N–H and O–H groups in total. The van der Waals surface area contributed by atoms with Crippen LogP contribution in [0.5, 0.6) is 11.5 Å². The predicted octanol–water partition coefficient (Wildman–Crippen LogP) is 4.08. The van der Waals surface area contributed by atoms with Crippen LogP contribution in [0.4, 0.5) is 11.4 Å². The summed E-state index contributed by atoms with van der Waals surface area (Å²) >= 11 is 0. The summed E-state index contributed by atoms with van der Waals surface area (Å²) in [7, 11) is 3.09. The van der Waals surface area contributed by atoms with E-state index in [1.54, 1.807) is 49.6 Å². The minimum Gasteiger partial charge on any atom is -0.497 e. The summed E-state index contributed by atoms with van der Waals surface area (Å²) < 4.78 is 10.4. The monoisotopic (exact) mass is 356 g/mol. The average molecular weight is 356 g/mol. The Bertz CT molecular complexity index is 757. The molecule has 26 heavy (non-hydrogen) atoms. The Balaban J connectivity index is 2.05. The molecule has 2 aromatic carbocycles. The molecule has 0 saturated carbocycles. The van der Waals surface area contributed by atoms with Crippen molar-refractivity contribution in [2.24, 2.45) is 0 Å². The van der Waals surface area contributed by atoms with E-state index in [9.17, 15) is 9.59 Å². The number of amides is 2. The van der Waals surface area contributed by atoms with Crippen LogP contribution in [0.1, 0.15) is 36.5 Å². The molecule has 0 saturated heterocycles. The first kappa shape index (κ1) is 19.3. The van der Waals surface area contributed by atoms with Crippen LogP contribution >= 0.6 is 0 Å². The van der Waals surface area contributed by atoms with Crippen LogP contribution in [-0.4, -0.2) is 26.0 Å². The summed E-state index contributed by atoms with van der Waals surface area (Å²) in [4.78, 5) is 24.2. The molecule has 0 aliphatic heterocycles. The highest BCUT2D eigenvalue weighted by Crippen LogP contribution is 2.29. The number of hydrogen-bond acceptors (Lipinski definition) is 4. The fourth-order valence-corrected chi connectivity index (χ4v) is 2.37. The highest BCUT2D eigenvalue weighted by Gasteiger charge is 2.11. The zero-order chi connectivity index (χ0) is 18.9. The van der Waals surface area contributed by atoms with E-state index >= 15 is 0 Å². The fourth-order valence-electron chi connectivity index (χ4n) is 2.37. The van der Waals surface area contributed by atoms with Gasteiger partial charge in [0.15, 0.2) is 0 Å². The van der Waals surface area contributed by atoms with Gasteiger partial charge in [-0.15, -0.1) is 0 Å². The Kier molecular flexibility index (Phi) is 7.02. The minimum absolute atomic E-state index is 0.0230. The standard InChI is InChI=1S/C20H24N2O4/c1-4-5-6-19(23)21-15-9-7-14(8-10-15)20(24)22-17-13-16(25-2)11-12-18(17)26-3/h7-13H,4-6H2,1-3H3,(H,21,23)(H,22,24). The van der Waals surface area contributed by atoms with E-state index in [0.717, 1.165) is 12.8 Å². The van der Waals surface area contributed by atoms with E-state index in [0.29, 0.717) is 34.9 Å². The molecule has 0 atom stereocenters. The molecule has 2 rings (SSSR count). The van der Waals surface area contributed by atoms with Crippen molar-refractivity contribution in [2.45, 2.75) is 26.2 Å². The summed E-state index contributed by atoms with van der Waals surface area (Å²) in [5, 5.41) is 5.63. The first-order valence-electron chi connectivity index (χ1n) is 8.50. The third-order valence-corrected chi connectivity index (χ3v) is 3.84. The predicted molar refractivity (Wildman–Crippen MR) is 102 cm³/mol. The molecule has 2 amide bonds. The van der Waals surface area contributed by atoms with Crippen molar-refractivity contribution in [1.29, 1.82) is 0 Å². The van der Waals surface area contributed by atoms with Crippen molar-refractivity contribution in [3.8, 4) is 11.5 Å². The maximum atomic E-state index is 12.5. The van der Waals surface area contributed by atoms with Gasteiger partial charge in [-0.25, -0.2) is 0 Å². The quantitative estimate of drug-likeness (QED) is 0.747. The number of carbonyl (C=O) groups excluding carboxylic acids is 2. The maximum absolute atomic E-state index is 12.5. The van der Waals surface area contributed by atoms with Gasteiger partial charge in [-0.2, -0.15) is 0 Å². The fraction of sp³-hybridized carbons (Fsp3) is 0.300. The Morgan fingerprint density at radius 3 is 2.31 bits per heavy atom. The summed E-state index contributed by atoms with van der Waals surface area (Å²) in [6, 6.07) is 11.9. The van der Waals surface area contributed by atoms with Gasteiger partial charge in [0.2, 0.25) is 5.91 Å². The molecule has 6 nitrogen and oxygen atoms in total. The Labute approximate surface area is 153 Å². The summed E-state index contributed by atoms with van der Waals surface area (Å²) in [5.41, 5.74) is 1.66. The topological polar surface area (TPSA) is 76.7 Å². The van der Waals surface area contributed by atoms with Crippen LogP contribution in [0.25, 0.3) is 0 Å². The van der Waals surface area contributed by atoms with Gasteiger partial charge in [0.25, 0.3) is 5.91 Å². The molecule has 138 valence electrons. The van der Waals surface area contributed by atoms with Crippen molar-refractivity contribution in [1.82, 2.24) is 0 Å². The highest BCUT2D eigenvalue weighted by atomic mass is 16.5. The van der Waals surface area contributed by atoms with E-state index in [2.05, 4.69) is 10.6 Å². The van der Waals surface area contributed by atoms with Gasteiger partial charge < -0.3 is 20.1 Å². The van der Waals surface area contributed by atoms with E-state index in [1.165, 1.54) is 7.11 Å². The molecule has 2 aromatic rings. The molecule has 0 bridgehead atoms. The van der Waals surface area contributed by atoms with Gasteiger partial charge in [-0.05, 0) is 42.8 Å². The van der Waals surface area contributed by atoms with Crippen LogP contribution in [-0.2, 0) is 4.79 Å². The highest BCUT2D eigenvalue weighted by molar-refractivity contribution is 6.05. The van der Waals surface area contributed by atoms with Crippen molar-refractivity contribution >= 4 is 23.2 Å². The van der Waals surface area contributed by atoms with Gasteiger partial charge >= 0.3 is 0 Å². The molecular formula is C20H24N2O4. The molecule has 0 aliphatic rings. The molecule has 0 unspecified atom stereocenters. The third kappa shape index (κ3) is 5.24. The van der Waals surface area contributed by atoms with Crippen LogP contribution in [0.2, 0.25) is 0 Å². The molecule has 0 radical (unpaired) electrons. The van der Waals surface area contributed by atoms with Gasteiger partial charge in [-0.3, -0.25) is 9.59 Å². The van der Waals surface area contributed by atoms with E-state index < -0.39 is 0 Å². The second kappa shape index (κ2) is 9.46.